The van der Waals surface area contributed by atoms with Gasteiger partial charge >= 0.3 is 0 Å². The molecule has 1 saturated heterocycles. The van der Waals surface area contributed by atoms with Gasteiger partial charge in [-0.15, -0.1) is 0 Å². The Bertz CT molecular complexity index is 921. The molecule has 9 heteroatoms. The van der Waals surface area contributed by atoms with Gasteiger partial charge < -0.3 is 14.4 Å². The van der Waals surface area contributed by atoms with Crippen LogP contribution < -0.4 is 4.72 Å². The Morgan fingerprint density at radius 1 is 1.31 bits per heavy atom. The number of nitrogens with zero attached hydrogens (tertiary/aromatic N) is 2. The van der Waals surface area contributed by atoms with E-state index in [4.69, 9.17) is 9.47 Å². The van der Waals surface area contributed by atoms with Crippen LogP contribution in [0, 0.1) is 0 Å². The number of amides is 1. The number of benzene rings is 1. The van der Waals surface area contributed by atoms with E-state index in [2.05, 4.69) is 9.71 Å². The molecule has 1 fully saturated rings. The summed E-state index contributed by atoms with van der Waals surface area (Å²) in [5.41, 5.74) is 1.32. The molecule has 0 saturated carbocycles. The van der Waals surface area contributed by atoms with Gasteiger partial charge in [-0.2, -0.15) is 0 Å². The van der Waals surface area contributed by atoms with Crippen LogP contribution in [0.15, 0.2) is 53.7 Å². The average Bonchev–Trinajstić information content (AvgIpc) is 3.22. The standard InChI is InChI=1S/C20H25N3O5S/c1-27-11-9-22-29(25,26)19-6-2-5-17(12-19)20(24)23-10-7-18(14-23)28-15-16-4-3-8-21-13-16/h2-6,8,12-13,18,22H,7,9-11,14-15H2,1H3/t18-/m1/s1. The summed E-state index contributed by atoms with van der Waals surface area (Å²) in [5.74, 6) is -0.202. The second-order valence-electron chi connectivity index (χ2n) is 6.75. The summed E-state index contributed by atoms with van der Waals surface area (Å²) in [6, 6.07) is 9.87. The molecule has 1 aliphatic heterocycles. The summed E-state index contributed by atoms with van der Waals surface area (Å²) in [7, 11) is -2.20. The molecule has 29 heavy (non-hydrogen) atoms. The Morgan fingerprint density at radius 3 is 2.93 bits per heavy atom. The van der Waals surface area contributed by atoms with Gasteiger partial charge in [0.1, 0.15) is 0 Å². The molecule has 1 aliphatic rings. The van der Waals surface area contributed by atoms with Crippen LogP contribution in [0.3, 0.4) is 0 Å². The van der Waals surface area contributed by atoms with Gasteiger partial charge in [0.2, 0.25) is 10.0 Å². The zero-order chi connectivity index (χ0) is 20.7. The Morgan fingerprint density at radius 2 is 2.17 bits per heavy atom. The number of hydrogen-bond acceptors (Lipinski definition) is 6. The van der Waals surface area contributed by atoms with E-state index in [1.54, 1.807) is 29.4 Å². The highest BCUT2D eigenvalue weighted by Gasteiger charge is 2.28. The van der Waals surface area contributed by atoms with Crippen molar-refractivity contribution < 1.29 is 22.7 Å². The number of ether oxygens (including phenoxy) is 2. The number of pyridine rings is 1. The molecule has 0 bridgehead atoms. The van der Waals surface area contributed by atoms with Gasteiger partial charge in [-0.25, -0.2) is 13.1 Å². The molecular weight excluding hydrogens is 394 g/mol. The van der Waals surface area contributed by atoms with E-state index in [0.717, 1.165) is 12.0 Å². The van der Waals surface area contributed by atoms with Gasteiger partial charge in [0, 0.05) is 44.7 Å². The maximum absolute atomic E-state index is 12.8. The zero-order valence-electron chi connectivity index (χ0n) is 16.3. The minimum absolute atomic E-state index is 0.0539. The summed E-state index contributed by atoms with van der Waals surface area (Å²) in [6.45, 7) is 1.92. The predicted octanol–water partition coefficient (Wildman–Crippen LogP) is 1.44. The fourth-order valence-electron chi connectivity index (χ4n) is 3.09. The molecule has 2 aromatic rings. The third kappa shape index (κ3) is 5.83. The van der Waals surface area contributed by atoms with E-state index in [1.165, 1.54) is 19.2 Å². The first kappa shape index (κ1) is 21.4. The second-order valence-corrected chi connectivity index (χ2v) is 8.52. The van der Waals surface area contributed by atoms with Crippen molar-refractivity contribution in [1.29, 1.82) is 0 Å². The third-order valence-corrected chi connectivity index (χ3v) is 6.09. The first-order chi connectivity index (χ1) is 14.0. The minimum atomic E-state index is -3.69. The number of sulfonamides is 1. The number of rotatable bonds is 9. The van der Waals surface area contributed by atoms with Gasteiger partial charge in [0.05, 0.1) is 24.2 Å². The summed E-state index contributed by atoms with van der Waals surface area (Å²) < 4.78 is 37.9. The van der Waals surface area contributed by atoms with Crippen molar-refractivity contribution >= 4 is 15.9 Å². The van der Waals surface area contributed by atoms with Gasteiger partial charge in [0.25, 0.3) is 5.91 Å². The predicted molar refractivity (Wildman–Crippen MR) is 107 cm³/mol. The molecule has 1 amide bonds. The molecule has 3 rings (SSSR count). The quantitative estimate of drug-likeness (QED) is 0.618. The fourth-order valence-corrected chi connectivity index (χ4v) is 4.15. The lowest BCUT2D eigenvalue weighted by molar-refractivity contribution is 0.0436. The van der Waals surface area contributed by atoms with Crippen molar-refractivity contribution in [3.05, 3.63) is 59.9 Å². The lowest BCUT2D eigenvalue weighted by Crippen LogP contribution is -2.31. The molecule has 8 nitrogen and oxygen atoms in total. The molecule has 1 N–H and O–H groups in total. The molecule has 2 heterocycles. The zero-order valence-corrected chi connectivity index (χ0v) is 17.1. The van der Waals surface area contributed by atoms with Crippen LogP contribution in [0.1, 0.15) is 22.3 Å². The van der Waals surface area contributed by atoms with Crippen LogP contribution in [0.5, 0.6) is 0 Å². The van der Waals surface area contributed by atoms with Crippen LogP contribution in [0.2, 0.25) is 0 Å². The van der Waals surface area contributed by atoms with E-state index in [9.17, 15) is 13.2 Å². The van der Waals surface area contributed by atoms with Gasteiger partial charge in [0.15, 0.2) is 0 Å². The van der Waals surface area contributed by atoms with E-state index >= 15 is 0 Å². The van der Waals surface area contributed by atoms with Gasteiger partial charge in [-0.3, -0.25) is 9.78 Å². The normalized spacial score (nSPS) is 16.9. The summed E-state index contributed by atoms with van der Waals surface area (Å²) >= 11 is 0. The first-order valence-electron chi connectivity index (χ1n) is 9.38. The smallest absolute Gasteiger partial charge is 0.253 e. The molecule has 1 aromatic carbocycles. The second kappa shape index (κ2) is 9.93. The molecule has 1 aromatic heterocycles. The molecule has 0 spiro atoms. The monoisotopic (exact) mass is 419 g/mol. The number of hydrogen-bond donors (Lipinski definition) is 1. The number of aromatic nitrogens is 1. The third-order valence-electron chi connectivity index (χ3n) is 4.63. The van der Waals surface area contributed by atoms with Crippen molar-refractivity contribution in [2.75, 3.05) is 33.4 Å². The molecule has 0 aliphatic carbocycles. The van der Waals surface area contributed by atoms with Crippen LogP contribution >= 0.6 is 0 Å². The van der Waals surface area contributed by atoms with E-state index in [0.29, 0.717) is 25.3 Å². The summed E-state index contributed by atoms with van der Waals surface area (Å²) in [5, 5.41) is 0. The summed E-state index contributed by atoms with van der Waals surface area (Å²) in [4.78, 5) is 18.6. The van der Waals surface area contributed by atoms with Gasteiger partial charge in [-0.05, 0) is 36.2 Å². The van der Waals surface area contributed by atoms with E-state index < -0.39 is 10.0 Å². The number of carbonyl (C=O) groups excluding carboxylic acids is 1. The highest BCUT2D eigenvalue weighted by Crippen LogP contribution is 2.19. The maximum Gasteiger partial charge on any atom is 0.253 e. The Labute approximate surface area is 170 Å². The van der Waals surface area contributed by atoms with Crippen LogP contribution in [0.25, 0.3) is 0 Å². The van der Waals surface area contributed by atoms with Crippen molar-refractivity contribution in [3.63, 3.8) is 0 Å². The summed E-state index contributed by atoms with van der Waals surface area (Å²) in [6.07, 6.45) is 4.15. The van der Waals surface area contributed by atoms with Gasteiger partial charge in [-0.1, -0.05) is 12.1 Å². The van der Waals surface area contributed by atoms with Crippen LogP contribution in [-0.2, 0) is 26.1 Å². The van der Waals surface area contributed by atoms with Crippen LogP contribution in [-0.4, -0.2) is 63.7 Å². The van der Waals surface area contributed by atoms with Crippen molar-refractivity contribution in [2.45, 2.75) is 24.0 Å². The number of likely N-dealkylation sites (tertiary alicyclic amines) is 1. The molecule has 1 atom stereocenters. The Balaban J connectivity index is 1.59. The topological polar surface area (TPSA) is 97.8 Å². The van der Waals surface area contributed by atoms with Crippen molar-refractivity contribution in [2.24, 2.45) is 0 Å². The van der Waals surface area contributed by atoms with Crippen LogP contribution in [0.4, 0.5) is 0 Å². The molecule has 0 unspecified atom stereocenters. The minimum Gasteiger partial charge on any atom is -0.383 e. The number of nitrogens with one attached hydrogen (secondary N) is 1. The SMILES string of the molecule is COCCNS(=O)(=O)c1cccc(C(=O)N2CC[C@@H](OCc3cccnc3)C2)c1. The Hall–Kier alpha value is -2.33. The maximum atomic E-state index is 12.8. The van der Waals surface area contributed by atoms with Crippen molar-refractivity contribution in [3.8, 4) is 0 Å². The first-order valence-corrected chi connectivity index (χ1v) is 10.9. The molecular formula is C20H25N3O5S. The largest absolute Gasteiger partial charge is 0.383 e. The number of carbonyl (C=O) groups is 1. The van der Waals surface area contributed by atoms with E-state index in [-0.39, 0.29) is 30.1 Å². The van der Waals surface area contributed by atoms with E-state index in [1.807, 2.05) is 12.1 Å². The van der Waals surface area contributed by atoms with Crippen molar-refractivity contribution in [1.82, 2.24) is 14.6 Å². The fraction of sp³-hybridized carbons (Fsp3) is 0.400. The lowest BCUT2D eigenvalue weighted by Gasteiger charge is -2.17. The molecule has 156 valence electrons. The lowest BCUT2D eigenvalue weighted by atomic mass is 10.2. The Kier molecular flexibility index (Phi) is 7.32. The number of methoxy groups -OCH3 is 1. The molecule has 0 radical (unpaired) electrons. The highest BCUT2D eigenvalue weighted by molar-refractivity contribution is 7.89. The highest BCUT2D eigenvalue weighted by atomic mass is 32.2. The average molecular weight is 420 g/mol.